The van der Waals surface area contributed by atoms with Crippen LogP contribution in [0.4, 0.5) is 22.0 Å². The fourth-order valence-electron chi connectivity index (χ4n) is 3.53. The van der Waals surface area contributed by atoms with Crippen LogP contribution in [-0.2, 0) is 22.3 Å². The number of carbonyl (C=O) groups excluding carboxylic acids is 1. The Morgan fingerprint density at radius 2 is 2.00 bits per heavy atom. The second-order valence-corrected chi connectivity index (χ2v) is 8.22. The molecule has 0 radical (unpaired) electrons. The first-order valence-corrected chi connectivity index (χ1v) is 10.9. The van der Waals surface area contributed by atoms with Crippen LogP contribution >= 0.6 is 23.2 Å². The molecule has 0 aromatic heterocycles. The lowest BCUT2D eigenvalue weighted by molar-refractivity contribution is -0.140. The number of rotatable bonds is 9. The highest BCUT2D eigenvalue weighted by Crippen LogP contribution is 2.39. The molecule has 1 unspecified atom stereocenters. The zero-order valence-electron chi connectivity index (χ0n) is 17.6. The minimum absolute atomic E-state index is 0.0666. The molecule has 1 saturated heterocycles. The lowest BCUT2D eigenvalue weighted by Crippen LogP contribution is -2.39. The van der Waals surface area contributed by atoms with Gasteiger partial charge in [0.25, 0.3) is 0 Å². The maximum Gasteiger partial charge on any atom is 0.416 e. The van der Waals surface area contributed by atoms with Crippen molar-refractivity contribution in [3.05, 3.63) is 58.1 Å². The number of morpholine rings is 1. The Labute approximate surface area is 202 Å². The van der Waals surface area contributed by atoms with E-state index in [9.17, 15) is 26.7 Å². The second-order valence-electron chi connectivity index (χ2n) is 7.40. The van der Waals surface area contributed by atoms with Gasteiger partial charge in [0.1, 0.15) is 18.1 Å². The van der Waals surface area contributed by atoms with Crippen molar-refractivity contribution < 1.29 is 41.0 Å². The number of alkyl halides is 5. The molecule has 12 heteroatoms. The summed E-state index contributed by atoms with van der Waals surface area (Å²) in [6, 6.07) is 7.49. The molecule has 0 amide bonds. The summed E-state index contributed by atoms with van der Waals surface area (Å²) in [5.74, 6) is -0.374. The van der Waals surface area contributed by atoms with E-state index in [0.717, 1.165) is 6.07 Å². The van der Waals surface area contributed by atoms with Gasteiger partial charge in [-0.05, 0) is 41.4 Å². The third-order valence-corrected chi connectivity index (χ3v) is 5.67. The predicted molar refractivity (Wildman–Crippen MR) is 114 cm³/mol. The third-order valence-electron chi connectivity index (χ3n) is 5.13. The lowest BCUT2D eigenvalue weighted by Gasteiger charge is -2.34. The number of nitrogens with zero attached hydrogens (tertiary/aromatic N) is 1. The van der Waals surface area contributed by atoms with E-state index in [0.29, 0.717) is 13.1 Å². The maximum absolute atomic E-state index is 13.9. The lowest BCUT2D eigenvalue weighted by atomic mass is 10.00. The number of hydrogen-bond donors (Lipinski definition) is 0. The van der Waals surface area contributed by atoms with E-state index >= 15 is 0 Å². The van der Waals surface area contributed by atoms with Gasteiger partial charge in [0, 0.05) is 26.1 Å². The minimum atomic E-state index is -4.71. The molecule has 0 spiro atoms. The molecule has 0 bridgehead atoms. The Balaban J connectivity index is 1.80. The summed E-state index contributed by atoms with van der Waals surface area (Å²) in [5, 5.41) is -0.460. The van der Waals surface area contributed by atoms with Crippen LogP contribution < -0.4 is 9.47 Å². The highest BCUT2D eigenvalue weighted by molar-refractivity contribution is 6.63. The number of halogens is 7. The Kier molecular flexibility index (Phi) is 8.97. The van der Waals surface area contributed by atoms with Crippen molar-refractivity contribution in [2.75, 3.05) is 26.2 Å². The molecule has 1 aliphatic rings. The smallest absolute Gasteiger partial charge is 0.416 e. The molecule has 1 heterocycles. The molecule has 1 fully saturated rings. The largest absolute Gasteiger partial charge is 0.489 e. The zero-order chi connectivity index (χ0) is 24.9. The summed E-state index contributed by atoms with van der Waals surface area (Å²) in [6.45, 7) is -2.38. The average Bonchev–Trinajstić information content (AvgIpc) is 2.76. The third kappa shape index (κ3) is 7.18. The first-order chi connectivity index (χ1) is 16.0. The van der Waals surface area contributed by atoms with Crippen LogP contribution in [0.1, 0.15) is 29.2 Å². The van der Waals surface area contributed by atoms with Gasteiger partial charge in [-0.3, -0.25) is 9.69 Å². The maximum atomic E-state index is 13.9. The SMILES string of the molecule is O=C(Cl)CCN1CCOC(c2ccc(OCc3c(Cl)cccc3OC(F)F)cc2C(F)(F)F)C1. The summed E-state index contributed by atoms with van der Waals surface area (Å²) < 4.78 is 82.3. The van der Waals surface area contributed by atoms with Crippen molar-refractivity contribution in [2.24, 2.45) is 0 Å². The van der Waals surface area contributed by atoms with E-state index in [2.05, 4.69) is 4.74 Å². The molecule has 0 aliphatic carbocycles. The van der Waals surface area contributed by atoms with E-state index in [1.807, 2.05) is 0 Å². The topological polar surface area (TPSA) is 48.0 Å². The monoisotopic (exact) mass is 527 g/mol. The number of hydrogen-bond acceptors (Lipinski definition) is 5. The number of carbonyl (C=O) groups is 1. The van der Waals surface area contributed by atoms with Crippen molar-refractivity contribution in [3.63, 3.8) is 0 Å². The van der Waals surface area contributed by atoms with Crippen LogP contribution in [0.3, 0.4) is 0 Å². The first-order valence-electron chi connectivity index (χ1n) is 10.1. The molecule has 1 atom stereocenters. The molecule has 0 N–H and O–H groups in total. The van der Waals surface area contributed by atoms with Crippen LogP contribution in [0.25, 0.3) is 0 Å². The summed E-state index contributed by atoms with van der Waals surface area (Å²) in [4.78, 5) is 12.8. The van der Waals surface area contributed by atoms with Crippen molar-refractivity contribution in [3.8, 4) is 11.5 Å². The highest BCUT2D eigenvalue weighted by Gasteiger charge is 2.37. The molecule has 0 saturated carbocycles. The standard InChI is InChI=1S/C22H20Cl2F5NO4/c23-17-2-1-3-18(34-21(25)26)15(17)12-33-13-4-5-14(16(10-13)22(27,28)29)19-11-30(8-9-32-19)7-6-20(24)31/h1-5,10,19,21H,6-9,11-12H2. The normalized spacial score (nSPS) is 17.1. The molecule has 2 aromatic carbocycles. The van der Waals surface area contributed by atoms with Crippen LogP contribution in [0.15, 0.2) is 36.4 Å². The molecule has 1 aliphatic heterocycles. The highest BCUT2D eigenvalue weighted by atomic mass is 35.5. The van der Waals surface area contributed by atoms with Crippen LogP contribution in [0, 0.1) is 0 Å². The van der Waals surface area contributed by atoms with E-state index in [4.69, 9.17) is 32.7 Å². The van der Waals surface area contributed by atoms with Crippen LogP contribution in [-0.4, -0.2) is 43.0 Å². The van der Waals surface area contributed by atoms with E-state index in [1.165, 1.54) is 30.3 Å². The summed E-state index contributed by atoms with van der Waals surface area (Å²) >= 11 is 11.4. The molecule has 2 aromatic rings. The van der Waals surface area contributed by atoms with Gasteiger partial charge in [0.15, 0.2) is 0 Å². The Morgan fingerprint density at radius 3 is 2.68 bits per heavy atom. The van der Waals surface area contributed by atoms with E-state index in [-0.39, 0.29) is 47.2 Å². The second kappa shape index (κ2) is 11.5. The first kappa shape index (κ1) is 26.5. The molecular formula is C22H20Cl2F5NO4. The van der Waals surface area contributed by atoms with Crippen molar-refractivity contribution in [2.45, 2.75) is 31.9 Å². The summed E-state index contributed by atoms with van der Waals surface area (Å²) in [7, 11) is 0. The van der Waals surface area contributed by atoms with Gasteiger partial charge >= 0.3 is 12.8 Å². The van der Waals surface area contributed by atoms with Gasteiger partial charge in [-0.15, -0.1) is 0 Å². The molecule has 34 heavy (non-hydrogen) atoms. The zero-order valence-corrected chi connectivity index (χ0v) is 19.1. The van der Waals surface area contributed by atoms with Gasteiger partial charge in [-0.2, -0.15) is 22.0 Å². The molecule has 186 valence electrons. The van der Waals surface area contributed by atoms with Gasteiger partial charge < -0.3 is 14.2 Å². The predicted octanol–water partition coefficient (Wildman–Crippen LogP) is 6.07. The molecular weight excluding hydrogens is 508 g/mol. The summed E-state index contributed by atoms with van der Waals surface area (Å²) in [6.07, 6.45) is -5.51. The van der Waals surface area contributed by atoms with E-state index < -0.39 is 36.3 Å². The quantitative estimate of drug-likeness (QED) is 0.292. The number of benzene rings is 2. The van der Waals surface area contributed by atoms with Crippen LogP contribution in [0.2, 0.25) is 5.02 Å². The van der Waals surface area contributed by atoms with Crippen molar-refractivity contribution in [1.82, 2.24) is 4.90 Å². The van der Waals surface area contributed by atoms with Gasteiger partial charge in [-0.1, -0.05) is 23.7 Å². The fraction of sp³-hybridized carbons (Fsp3) is 0.409. The minimum Gasteiger partial charge on any atom is -0.489 e. The Bertz CT molecular complexity index is 1010. The van der Waals surface area contributed by atoms with E-state index in [1.54, 1.807) is 4.90 Å². The van der Waals surface area contributed by atoms with Crippen LogP contribution in [0.5, 0.6) is 11.5 Å². The number of ether oxygens (including phenoxy) is 3. The fourth-order valence-corrected chi connectivity index (χ4v) is 3.84. The van der Waals surface area contributed by atoms with Crippen molar-refractivity contribution in [1.29, 1.82) is 0 Å². The average molecular weight is 528 g/mol. The van der Waals surface area contributed by atoms with Gasteiger partial charge in [0.2, 0.25) is 5.24 Å². The van der Waals surface area contributed by atoms with Gasteiger partial charge in [-0.25, -0.2) is 0 Å². The molecule has 3 rings (SSSR count). The van der Waals surface area contributed by atoms with Gasteiger partial charge in [0.05, 0.1) is 28.9 Å². The summed E-state index contributed by atoms with van der Waals surface area (Å²) in [5.41, 5.74) is -0.961. The molecule has 5 nitrogen and oxygen atoms in total. The Hall–Kier alpha value is -2.14. The Morgan fingerprint density at radius 1 is 1.24 bits per heavy atom. The van der Waals surface area contributed by atoms with Crippen molar-refractivity contribution >= 4 is 28.4 Å².